The smallest absolute Gasteiger partial charge is 0.119 e. The van der Waals surface area contributed by atoms with Crippen LogP contribution < -0.4 is 10.1 Å². The third kappa shape index (κ3) is 3.98. The molecule has 21 heavy (non-hydrogen) atoms. The molecule has 0 bridgehead atoms. The molecule has 2 unspecified atom stereocenters. The van der Waals surface area contributed by atoms with E-state index in [0.29, 0.717) is 18.0 Å². The topological polar surface area (TPSA) is 24.5 Å². The zero-order chi connectivity index (χ0) is 15.4. The molecular weight excluding hydrogens is 260 g/mol. The van der Waals surface area contributed by atoms with Crippen LogP contribution in [-0.4, -0.2) is 38.7 Å². The quantitative estimate of drug-likeness (QED) is 0.870. The minimum absolute atomic E-state index is 0.487. The molecule has 1 N–H and O–H groups in total. The van der Waals surface area contributed by atoms with Crippen LogP contribution in [-0.2, 0) is 6.42 Å². The molecule has 1 aliphatic rings. The van der Waals surface area contributed by atoms with Crippen LogP contribution in [0.2, 0.25) is 0 Å². The van der Waals surface area contributed by atoms with Gasteiger partial charge in [-0.05, 0) is 62.5 Å². The summed E-state index contributed by atoms with van der Waals surface area (Å²) in [5, 5.41) is 3.80. The number of rotatable bonds is 6. The Hall–Kier alpha value is -1.06. The number of fused-ring (bicyclic) bond motifs is 1. The third-order valence-electron chi connectivity index (χ3n) is 4.67. The fourth-order valence-electron chi connectivity index (χ4n) is 3.41. The van der Waals surface area contributed by atoms with E-state index < -0.39 is 0 Å². The lowest BCUT2D eigenvalue weighted by molar-refractivity contribution is 0.216. The summed E-state index contributed by atoms with van der Waals surface area (Å²) in [7, 11) is 6.09. The summed E-state index contributed by atoms with van der Waals surface area (Å²) in [6.07, 6.45) is 3.66. The highest BCUT2D eigenvalue weighted by molar-refractivity contribution is 5.39. The van der Waals surface area contributed by atoms with Gasteiger partial charge in [0.2, 0.25) is 0 Å². The summed E-state index contributed by atoms with van der Waals surface area (Å²) in [5.41, 5.74) is 2.91. The van der Waals surface area contributed by atoms with E-state index in [1.807, 2.05) is 0 Å². The number of ether oxygens (including phenoxy) is 1. The Labute approximate surface area is 129 Å². The van der Waals surface area contributed by atoms with E-state index in [1.165, 1.54) is 30.4 Å². The van der Waals surface area contributed by atoms with Gasteiger partial charge in [-0.1, -0.05) is 19.9 Å². The summed E-state index contributed by atoms with van der Waals surface area (Å²) >= 11 is 0. The maximum atomic E-state index is 5.35. The summed E-state index contributed by atoms with van der Waals surface area (Å²) < 4.78 is 5.35. The molecule has 3 heteroatoms. The molecule has 0 saturated carbocycles. The molecule has 1 aliphatic carbocycles. The van der Waals surface area contributed by atoms with E-state index in [-0.39, 0.29) is 0 Å². The molecule has 3 nitrogen and oxygen atoms in total. The lowest BCUT2D eigenvalue weighted by Crippen LogP contribution is -2.43. The maximum absolute atomic E-state index is 5.35. The molecule has 0 spiro atoms. The van der Waals surface area contributed by atoms with Crippen LogP contribution in [0.15, 0.2) is 18.2 Å². The van der Waals surface area contributed by atoms with Crippen LogP contribution in [0.1, 0.15) is 43.9 Å². The van der Waals surface area contributed by atoms with E-state index in [4.69, 9.17) is 4.74 Å². The van der Waals surface area contributed by atoms with Crippen molar-refractivity contribution in [1.29, 1.82) is 0 Å². The van der Waals surface area contributed by atoms with Crippen LogP contribution in [0.5, 0.6) is 5.75 Å². The zero-order valence-corrected chi connectivity index (χ0v) is 14.1. The van der Waals surface area contributed by atoms with Gasteiger partial charge in [-0.25, -0.2) is 0 Å². The highest BCUT2D eigenvalue weighted by Crippen LogP contribution is 2.32. The van der Waals surface area contributed by atoms with Gasteiger partial charge in [0.25, 0.3) is 0 Å². The average molecular weight is 290 g/mol. The predicted molar refractivity (Wildman–Crippen MR) is 89.0 cm³/mol. The van der Waals surface area contributed by atoms with Gasteiger partial charge in [0.15, 0.2) is 0 Å². The Bertz CT molecular complexity index is 449. The Morgan fingerprint density at radius 2 is 2.10 bits per heavy atom. The average Bonchev–Trinajstić information content (AvgIpc) is 2.46. The number of hydrogen-bond donors (Lipinski definition) is 1. The molecule has 0 aliphatic heterocycles. The Kier molecular flexibility index (Phi) is 5.65. The number of nitrogens with one attached hydrogen (secondary N) is 1. The molecule has 1 aromatic carbocycles. The van der Waals surface area contributed by atoms with E-state index in [9.17, 15) is 0 Å². The van der Waals surface area contributed by atoms with Crippen LogP contribution >= 0.6 is 0 Å². The second-order valence-electron chi connectivity index (χ2n) is 6.69. The minimum atomic E-state index is 0.487. The lowest BCUT2D eigenvalue weighted by atomic mass is 9.87. The van der Waals surface area contributed by atoms with E-state index in [0.717, 1.165) is 12.3 Å². The Morgan fingerprint density at radius 1 is 1.33 bits per heavy atom. The first kappa shape index (κ1) is 16.3. The van der Waals surface area contributed by atoms with Crippen molar-refractivity contribution in [3.8, 4) is 5.75 Å². The molecule has 2 atom stereocenters. The number of benzene rings is 1. The summed E-state index contributed by atoms with van der Waals surface area (Å²) in [5.74, 6) is 1.63. The molecule has 0 aromatic heterocycles. The third-order valence-corrected chi connectivity index (χ3v) is 4.67. The molecule has 0 radical (unpaired) electrons. The van der Waals surface area contributed by atoms with Crippen molar-refractivity contribution in [3.05, 3.63) is 29.3 Å². The SMILES string of the molecule is COc1ccc2c(c1)CCCC2NCC(C(C)C)N(C)C. The van der Waals surface area contributed by atoms with Gasteiger partial charge in [0.05, 0.1) is 7.11 Å². The number of nitrogens with zero attached hydrogens (tertiary/aromatic N) is 1. The molecule has 0 saturated heterocycles. The van der Waals surface area contributed by atoms with Crippen LogP contribution in [0.3, 0.4) is 0 Å². The van der Waals surface area contributed by atoms with Gasteiger partial charge in [0, 0.05) is 18.6 Å². The Balaban J connectivity index is 2.06. The van der Waals surface area contributed by atoms with Crippen molar-refractivity contribution < 1.29 is 4.74 Å². The summed E-state index contributed by atoms with van der Waals surface area (Å²) in [6.45, 7) is 5.64. The fraction of sp³-hybridized carbons (Fsp3) is 0.667. The van der Waals surface area contributed by atoms with E-state index in [1.54, 1.807) is 7.11 Å². The fourth-order valence-corrected chi connectivity index (χ4v) is 3.41. The zero-order valence-electron chi connectivity index (χ0n) is 14.1. The molecule has 0 fully saturated rings. The van der Waals surface area contributed by atoms with Gasteiger partial charge in [-0.2, -0.15) is 0 Å². The minimum Gasteiger partial charge on any atom is -0.497 e. The molecule has 0 heterocycles. The van der Waals surface area contributed by atoms with E-state index in [2.05, 4.69) is 56.4 Å². The molecule has 118 valence electrons. The first-order valence-electron chi connectivity index (χ1n) is 8.09. The summed E-state index contributed by atoms with van der Waals surface area (Å²) in [6, 6.07) is 7.60. The molecule has 2 rings (SSSR count). The van der Waals surface area contributed by atoms with Gasteiger partial charge >= 0.3 is 0 Å². The first-order valence-corrected chi connectivity index (χ1v) is 8.09. The number of aryl methyl sites for hydroxylation is 1. The highest BCUT2D eigenvalue weighted by Gasteiger charge is 2.23. The second-order valence-corrected chi connectivity index (χ2v) is 6.69. The van der Waals surface area contributed by atoms with Crippen LogP contribution in [0.4, 0.5) is 0 Å². The van der Waals surface area contributed by atoms with Gasteiger partial charge in [-0.3, -0.25) is 0 Å². The van der Waals surface area contributed by atoms with Crippen molar-refractivity contribution in [2.75, 3.05) is 27.7 Å². The molecule has 0 amide bonds. The summed E-state index contributed by atoms with van der Waals surface area (Å²) in [4.78, 5) is 2.33. The van der Waals surface area contributed by atoms with Crippen molar-refractivity contribution >= 4 is 0 Å². The first-order chi connectivity index (χ1) is 10.0. The Morgan fingerprint density at radius 3 is 2.71 bits per heavy atom. The van der Waals surface area contributed by atoms with E-state index >= 15 is 0 Å². The number of likely N-dealkylation sites (N-methyl/N-ethyl adjacent to an activating group) is 1. The number of hydrogen-bond acceptors (Lipinski definition) is 3. The molecular formula is C18H30N2O. The lowest BCUT2D eigenvalue weighted by Gasteiger charge is -2.32. The predicted octanol–water partition coefficient (Wildman–Crippen LogP) is 3.25. The molecule has 1 aromatic rings. The number of methoxy groups -OCH3 is 1. The standard InChI is InChI=1S/C18H30N2O/c1-13(2)18(20(3)4)12-19-17-8-6-7-14-11-15(21-5)9-10-16(14)17/h9-11,13,17-19H,6-8,12H2,1-5H3. The van der Waals surface area contributed by atoms with Gasteiger partial charge < -0.3 is 15.0 Å². The van der Waals surface area contributed by atoms with Crippen molar-refractivity contribution in [3.63, 3.8) is 0 Å². The van der Waals surface area contributed by atoms with Crippen LogP contribution in [0.25, 0.3) is 0 Å². The largest absolute Gasteiger partial charge is 0.497 e. The van der Waals surface area contributed by atoms with Crippen LogP contribution in [0, 0.1) is 5.92 Å². The maximum Gasteiger partial charge on any atom is 0.119 e. The normalized spacial score (nSPS) is 19.7. The van der Waals surface area contributed by atoms with Gasteiger partial charge in [0.1, 0.15) is 5.75 Å². The second kappa shape index (κ2) is 7.28. The van der Waals surface area contributed by atoms with Crippen molar-refractivity contribution in [1.82, 2.24) is 10.2 Å². The highest BCUT2D eigenvalue weighted by atomic mass is 16.5. The van der Waals surface area contributed by atoms with Crippen molar-refractivity contribution in [2.45, 2.75) is 45.2 Å². The monoisotopic (exact) mass is 290 g/mol. The van der Waals surface area contributed by atoms with Gasteiger partial charge in [-0.15, -0.1) is 0 Å². The van der Waals surface area contributed by atoms with Crippen molar-refractivity contribution in [2.24, 2.45) is 5.92 Å².